The second-order valence-electron chi connectivity index (χ2n) is 8.08. The Labute approximate surface area is 220 Å². The summed E-state index contributed by atoms with van der Waals surface area (Å²) in [5.74, 6) is -0.248. The highest BCUT2D eigenvalue weighted by molar-refractivity contribution is 7.99. The molecule has 0 atom stereocenters. The fourth-order valence-corrected chi connectivity index (χ4v) is 6.36. The standard InChI is InChI=1S/C25H20Cl2N4O2S2/c1-14(15-5-7-16(26)8-6-15)29-30-21(32)13-34-25-28-23-22(19-3-2-4-20(19)35-23)24(33)31(25)18-11-9-17(27)10-12-18/h5-12H,2-4,13H2,1H3,(H,30,32). The molecule has 0 spiro atoms. The maximum absolute atomic E-state index is 13.6. The van der Waals surface area contributed by atoms with E-state index in [-0.39, 0.29) is 17.2 Å². The predicted octanol–water partition coefficient (Wildman–Crippen LogP) is 5.88. The first-order valence-corrected chi connectivity index (χ1v) is 13.5. The number of hydrogen-bond donors (Lipinski definition) is 1. The molecule has 0 fully saturated rings. The van der Waals surface area contributed by atoms with Crippen LogP contribution in [0.3, 0.4) is 0 Å². The van der Waals surface area contributed by atoms with E-state index in [0.717, 1.165) is 35.2 Å². The minimum atomic E-state index is -0.297. The Balaban J connectivity index is 1.42. The molecule has 2 aromatic heterocycles. The zero-order valence-corrected chi connectivity index (χ0v) is 21.8. The van der Waals surface area contributed by atoms with Crippen molar-refractivity contribution in [3.8, 4) is 5.69 Å². The van der Waals surface area contributed by atoms with Gasteiger partial charge >= 0.3 is 0 Å². The molecule has 6 nitrogen and oxygen atoms in total. The van der Waals surface area contributed by atoms with E-state index in [9.17, 15) is 9.59 Å². The number of aryl methyl sites for hydroxylation is 2. The number of benzene rings is 2. The van der Waals surface area contributed by atoms with Crippen molar-refractivity contribution in [2.75, 3.05) is 5.75 Å². The lowest BCUT2D eigenvalue weighted by Crippen LogP contribution is -2.24. The minimum absolute atomic E-state index is 0.0496. The number of aromatic nitrogens is 2. The van der Waals surface area contributed by atoms with Crippen molar-refractivity contribution in [1.82, 2.24) is 15.0 Å². The number of carbonyl (C=O) groups is 1. The average molecular weight is 544 g/mol. The summed E-state index contributed by atoms with van der Waals surface area (Å²) in [5.41, 5.74) is 5.76. The topological polar surface area (TPSA) is 76.3 Å². The molecule has 2 aromatic carbocycles. The Morgan fingerprint density at radius 2 is 1.80 bits per heavy atom. The summed E-state index contributed by atoms with van der Waals surface area (Å²) in [6.45, 7) is 1.81. The van der Waals surface area contributed by atoms with Crippen LogP contribution in [0.1, 0.15) is 29.3 Å². The van der Waals surface area contributed by atoms with Crippen LogP contribution in [0.25, 0.3) is 15.9 Å². The van der Waals surface area contributed by atoms with Crippen LogP contribution in [0.2, 0.25) is 10.0 Å². The summed E-state index contributed by atoms with van der Waals surface area (Å²) < 4.78 is 1.57. The fraction of sp³-hybridized carbons (Fsp3) is 0.200. The monoisotopic (exact) mass is 542 g/mol. The zero-order chi connectivity index (χ0) is 24.5. The van der Waals surface area contributed by atoms with Gasteiger partial charge in [0.1, 0.15) is 4.83 Å². The quantitative estimate of drug-likeness (QED) is 0.143. The van der Waals surface area contributed by atoms with Gasteiger partial charge in [0.05, 0.1) is 22.5 Å². The molecule has 1 amide bonds. The summed E-state index contributed by atoms with van der Waals surface area (Å²) in [5, 5.41) is 6.54. The Bertz CT molecular complexity index is 1510. The van der Waals surface area contributed by atoms with Crippen molar-refractivity contribution < 1.29 is 4.79 Å². The first-order valence-electron chi connectivity index (χ1n) is 11.0. The second-order valence-corrected chi connectivity index (χ2v) is 11.0. The van der Waals surface area contributed by atoms with Crippen molar-refractivity contribution in [2.24, 2.45) is 5.10 Å². The van der Waals surface area contributed by atoms with Crippen LogP contribution in [-0.4, -0.2) is 26.9 Å². The maximum atomic E-state index is 13.6. The molecule has 10 heteroatoms. The van der Waals surface area contributed by atoms with Crippen LogP contribution in [-0.2, 0) is 17.6 Å². The molecule has 0 unspecified atom stereocenters. The van der Waals surface area contributed by atoms with Crippen molar-refractivity contribution in [3.63, 3.8) is 0 Å². The van der Waals surface area contributed by atoms with Crippen LogP contribution in [0.5, 0.6) is 0 Å². The number of nitrogens with one attached hydrogen (secondary N) is 1. The van der Waals surface area contributed by atoms with Gasteiger partial charge in [-0.3, -0.25) is 14.2 Å². The van der Waals surface area contributed by atoms with Crippen molar-refractivity contribution >= 4 is 68.1 Å². The third-order valence-corrected chi connectivity index (χ3v) is 8.36. The highest BCUT2D eigenvalue weighted by atomic mass is 35.5. The molecule has 0 aliphatic heterocycles. The van der Waals surface area contributed by atoms with E-state index in [1.54, 1.807) is 59.2 Å². The van der Waals surface area contributed by atoms with Gasteiger partial charge in [-0.1, -0.05) is 47.1 Å². The molecule has 0 saturated heterocycles. The normalized spacial score (nSPS) is 13.3. The van der Waals surface area contributed by atoms with Gasteiger partial charge in [0, 0.05) is 14.9 Å². The van der Waals surface area contributed by atoms with Crippen molar-refractivity contribution in [2.45, 2.75) is 31.3 Å². The first-order chi connectivity index (χ1) is 16.9. The third kappa shape index (κ3) is 5.02. The molecule has 178 valence electrons. The van der Waals surface area contributed by atoms with Gasteiger partial charge in [-0.15, -0.1) is 11.3 Å². The summed E-state index contributed by atoms with van der Waals surface area (Å²) >= 11 is 14.8. The summed E-state index contributed by atoms with van der Waals surface area (Å²) in [6.07, 6.45) is 2.93. The lowest BCUT2D eigenvalue weighted by atomic mass is 10.1. The molecule has 0 radical (unpaired) electrons. The average Bonchev–Trinajstić information content (AvgIpc) is 3.43. The molecule has 4 aromatic rings. The van der Waals surface area contributed by atoms with Gasteiger partial charge < -0.3 is 0 Å². The zero-order valence-electron chi connectivity index (χ0n) is 18.7. The summed E-state index contributed by atoms with van der Waals surface area (Å²) in [6, 6.07) is 14.3. The first kappa shape index (κ1) is 24.1. The molecular weight excluding hydrogens is 523 g/mol. The predicted molar refractivity (Wildman–Crippen MR) is 145 cm³/mol. The number of nitrogens with zero attached hydrogens (tertiary/aromatic N) is 3. The number of halogens is 2. The van der Waals surface area contributed by atoms with Gasteiger partial charge in [-0.2, -0.15) is 5.10 Å². The fourth-order valence-electron chi connectivity index (χ4n) is 4.00. The third-order valence-electron chi connectivity index (χ3n) is 5.74. The molecule has 1 aliphatic rings. The van der Waals surface area contributed by atoms with Crippen LogP contribution < -0.4 is 11.0 Å². The summed E-state index contributed by atoms with van der Waals surface area (Å²) in [7, 11) is 0. The van der Waals surface area contributed by atoms with Gasteiger partial charge in [-0.05, 0) is 73.7 Å². The van der Waals surface area contributed by atoms with E-state index < -0.39 is 0 Å². The van der Waals surface area contributed by atoms with E-state index in [1.807, 2.05) is 12.1 Å². The smallest absolute Gasteiger partial charge is 0.267 e. The van der Waals surface area contributed by atoms with Gasteiger partial charge in [-0.25, -0.2) is 10.4 Å². The highest BCUT2D eigenvalue weighted by Gasteiger charge is 2.24. The highest BCUT2D eigenvalue weighted by Crippen LogP contribution is 2.36. The number of fused-ring (bicyclic) bond motifs is 3. The molecule has 5 rings (SSSR count). The van der Waals surface area contributed by atoms with E-state index in [0.29, 0.717) is 32.0 Å². The number of thioether (sulfide) groups is 1. The van der Waals surface area contributed by atoms with Crippen LogP contribution in [0.15, 0.2) is 63.6 Å². The van der Waals surface area contributed by atoms with E-state index >= 15 is 0 Å². The molecule has 1 aliphatic carbocycles. The number of hydrazone groups is 1. The lowest BCUT2D eigenvalue weighted by Gasteiger charge is -2.12. The Morgan fingerprint density at radius 3 is 2.51 bits per heavy atom. The number of hydrogen-bond acceptors (Lipinski definition) is 6. The van der Waals surface area contributed by atoms with Crippen LogP contribution in [0.4, 0.5) is 0 Å². The van der Waals surface area contributed by atoms with E-state index in [2.05, 4.69) is 10.5 Å². The number of thiophene rings is 1. The SMILES string of the molecule is CC(=NNC(=O)CSc1nc2sc3c(c2c(=O)n1-c1ccc(Cl)cc1)CCC3)c1ccc(Cl)cc1. The maximum Gasteiger partial charge on any atom is 0.267 e. The lowest BCUT2D eigenvalue weighted by molar-refractivity contribution is -0.118. The molecule has 0 bridgehead atoms. The molecular formula is C25H20Cl2N4O2S2. The Morgan fingerprint density at radius 1 is 1.11 bits per heavy atom. The van der Waals surface area contributed by atoms with Crippen molar-refractivity contribution in [1.29, 1.82) is 0 Å². The number of rotatable bonds is 6. The molecule has 35 heavy (non-hydrogen) atoms. The molecule has 0 saturated carbocycles. The summed E-state index contributed by atoms with van der Waals surface area (Å²) in [4.78, 5) is 33.0. The van der Waals surface area contributed by atoms with Crippen LogP contribution in [0, 0.1) is 0 Å². The molecule has 1 N–H and O–H groups in total. The second kappa shape index (κ2) is 10.1. The molecule has 2 heterocycles. The van der Waals surface area contributed by atoms with E-state index in [4.69, 9.17) is 28.2 Å². The van der Waals surface area contributed by atoms with E-state index in [1.165, 1.54) is 16.6 Å². The Hall–Kier alpha value is -2.65. The van der Waals surface area contributed by atoms with Gasteiger partial charge in [0.25, 0.3) is 11.5 Å². The largest absolute Gasteiger partial charge is 0.272 e. The minimum Gasteiger partial charge on any atom is -0.272 e. The Kier molecular flexibility index (Phi) is 6.98. The van der Waals surface area contributed by atoms with Gasteiger partial charge in [0.15, 0.2) is 5.16 Å². The van der Waals surface area contributed by atoms with Crippen LogP contribution >= 0.6 is 46.3 Å². The number of amides is 1. The number of carbonyl (C=O) groups excluding carboxylic acids is 1. The van der Waals surface area contributed by atoms with Gasteiger partial charge in [0.2, 0.25) is 0 Å². The van der Waals surface area contributed by atoms with Crippen molar-refractivity contribution in [3.05, 3.63) is 84.9 Å².